The molecule has 0 unspecified atom stereocenters. The van der Waals surface area contributed by atoms with Crippen LogP contribution >= 0.6 is 34.8 Å². The van der Waals surface area contributed by atoms with Crippen molar-refractivity contribution in [1.29, 1.82) is 0 Å². The molecule has 0 bridgehead atoms. The van der Waals surface area contributed by atoms with Gasteiger partial charge in [-0.15, -0.1) is 0 Å². The van der Waals surface area contributed by atoms with Gasteiger partial charge in [0, 0.05) is 5.02 Å². The zero-order valence-corrected chi connectivity index (χ0v) is 11.7. The van der Waals surface area contributed by atoms with Gasteiger partial charge in [-0.1, -0.05) is 34.8 Å². The predicted molar refractivity (Wildman–Crippen MR) is 78.1 cm³/mol. The number of rotatable bonds is 2. The van der Waals surface area contributed by atoms with Gasteiger partial charge in [0.2, 0.25) is 0 Å². The molecule has 0 aliphatic rings. The molecule has 0 saturated carbocycles. The second kappa shape index (κ2) is 5.65. The van der Waals surface area contributed by atoms with Crippen molar-refractivity contribution in [2.24, 2.45) is 0 Å². The minimum atomic E-state index is -0.450. The van der Waals surface area contributed by atoms with Gasteiger partial charge in [0.1, 0.15) is 5.15 Å². The Hall–Kier alpha value is -1.49. The molecule has 98 valence electrons. The predicted octanol–water partition coefficient (Wildman–Crippen LogP) is 3.88. The topological polar surface area (TPSA) is 68.0 Å². The molecular formula is C12H8Cl3N3O. The molecule has 0 aliphatic carbocycles. The van der Waals surface area contributed by atoms with Crippen molar-refractivity contribution in [3.8, 4) is 0 Å². The van der Waals surface area contributed by atoms with Crippen LogP contribution in [-0.4, -0.2) is 10.9 Å². The van der Waals surface area contributed by atoms with Crippen molar-refractivity contribution in [3.63, 3.8) is 0 Å². The number of nitrogens with zero attached hydrogens (tertiary/aromatic N) is 1. The number of hydrogen-bond donors (Lipinski definition) is 2. The van der Waals surface area contributed by atoms with Gasteiger partial charge in [0.05, 0.1) is 28.2 Å². The Labute approximate surface area is 124 Å². The number of aromatic nitrogens is 1. The first kappa shape index (κ1) is 13.9. The van der Waals surface area contributed by atoms with Crippen LogP contribution in [-0.2, 0) is 0 Å². The summed E-state index contributed by atoms with van der Waals surface area (Å²) in [6.45, 7) is 0. The highest BCUT2D eigenvalue weighted by Crippen LogP contribution is 2.26. The molecule has 0 spiro atoms. The largest absolute Gasteiger partial charge is 0.397 e. The molecule has 1 aromatic heterocycles. The summed E-state index contributed by atoms with van der Waals surface area (Å²) in [5.41, 5.74) is 6.51. The lowest BCUT2D eigenvalue weighted by Crippen LogP contribution is -2.13. The van der Waals surface area contributed by atoms with Gasteiger partial charge in [0.15, 0.2) is 0 Å². The van der Waals surface area contributed by atoms with Gasteiger partial charge < -0.3 is 11.1 Å². The molecule has 19 heavy (non-hydrogen) atoms. The van der Waals surface area contributed by atoms with E-state index in [1.807, 2.05) is 0 Å². The second-order valence-electron chi connectivity index (χ2n) is 3.69. The van der Waals surface area contributed by atoms with E-state index >= 15 is 0 Å². The Morgan fingerprint density at radius 2 is 1.95 bits per heavy atom. The maximum absolute atomic E-state index is 12.0. The van der Waals surface area contributed by atoms with Crippen LogP contribution in [0.5, 0.6) is 0 Å². The standard InChI is InChI=1S/C12H8Cl3N3O/c13-6-1-2-10(9(14)3-6)18-12(19)8-4-7(16)5-17-11(8)15/h1-5H,16H2,(H,18,19). The molecule has 0 saturated heterocycles. The van der Waals surface area contributed by atoms with E-state index in [-0.39, 0.29) is 10.7 Å². The minimum absolute atomic E-state index is 0.0665. The Kier molecular flexibility index (Phi) is 4.14. The summed E-state index contributed by atoms with van der Waals surface area (Å²) in [5, 5.41) is 3.48. The van der Waals surface area contributed by atoms with E-state index < -0.39 is 5.91 Å². The summed E-state index contributed by atoms with van der Waals surface area (Å²) in [4.78, 5) is 15.8. The number of anilines is 2. The molecule has 4 nitrogen and oxygen atoms in total. The zero-order valence-electron chi connectivity index (χ0n) is 9.45. The average molecular weight is 317 g/mol. The Morgan fingerprint density at radius 3 is 2.63 bits per heavy atom. The molecule has 0 fully saturated rings. The van der Waals surface area contributed by atoms with Gasteiger partial charge in [0.25, 0.3) is 5.91 Å². The van der Waals surface area contributed by atoms with Crippen LogP contribution in [0, 0.1) is 0 Å². The lowest BCUT2D eigenvalue weighted by atomic mass is 10.2. The number of carbonyl (C=O) groups is 1. The van der Waals surface area contributed by atoms with Gasteiger partial charge in [-0.2, -0.15) is 0 Å². The average Bonchev–Trinajstić information content (AvgIpc) is 2.35. The number of pyridine rings is 1. The molecule has 7 heteroatoms. The van der Waals surface area contributed by atoms with Crippen LogP contribution in [0.15, 0.2) is 30.5 Å². The first-order chi connectivity index (χ1) is 8.97. The van der Waals surface area contributed by atoms with Crippen LogP contribution in [0.1, 0.15) is 10.4 Å². The summed E-state index contributed by atoms with van der Waals surface area (Å²) in [5.74, 6) is -0.450. The number of nitrogens with one attached hydrogen (secondary N) is 1. The van der Waals surface area contributed by atoms with Crippen LogP contribution in [0.3, 0.4) is 0 Å². The van der Waals surface area contributed by atoms with Crippen LogP contribution in [0.25, 0.3) is 0 Å². The van der Waals surface area contributed by atoms with Crippen molar-refractivity contribution in [2.75, 3.05) is 11.1 Å². The molecule has 1 heterocycles. The summed E-state index contributed by atoms with van der Waals surface area (Å²) < 4.78 is 0. The monoisotopic (exact) mass is 315 g/mol. The quantitative estimate of drug-likeness (QED) is 0.826. The van der Waals surface area contributed by atoms with E-state index in [1.165, 1.54) is 18.3 Å². The van der Waals surface area contributed by atoms with Gasteiger partial charge in [-0.3, -0.25) is 4.79 Å². The zero-order chi connectivity index (χ0) is 14.0. The van der Waals surface area contributed by atoms with Gasteiger partial charge in [-0.05, 0) is 24.3 Å². The second-order valence-corrected chi connectivity index (χ2v) is 4.89. The number of benzene rings is 1. The van der Waals surface area contributed by atoms with Gasteiger partial charge in [-0.25, -0.2) is 4.98 Å². The molecule has 0 atom stereocenters. The Morgan fingerprint density at radius 1 is 1.21 bits per heavy atom. The molecule has 2 rings (SSSR count). The van der Waals surface area contributed by atoms with Crippen LogP contribution in [0.2, 0.25) is 15.2 Å². The van der Waals surface area contributed by atoms with E-state index in [4.69, 9.17) is 40.5 Å². The van der Waals surface area contributed by atoms with E-state index in [0.717, 1.165) is 0 Å². The number of hydrogen-bond acceptors (Lipinski definition) is 3. The van der Waals surface area contributed by atoms with Crippen molar-refractivity contribution >= 4 is 52.1 Å². The molecule has 2 aromatic rings. The third-order valence-electron chi connectivity index (χ3n) is 2.28. The Balaban J connectivity index is 2.28. The fourth-order valence-corrected chi connectivity index (χ4v) is 2.05. The van der Waals surface area contributed by atoms with E-state index in [0.29, 0.717) is 21.4 Å². The van der Waals surface area contributed by atoms with Gasteiger partial charge >= 0.3 is 0 Å². The van der Waals surface area contributed by atoms with E-state index in [2.05, 4.69) is 10.3 Å². The van der Waals surface area contributed by atoms with E-state index in [9.17, 15) is 4.79 Å². The maximum Gasteiger partial charge on any atom is 0.258 e. The van der Waals surface area contributed by atoms with Crippen LogP contribution in [0.4, 0.5) is 11.4 Å². The molecule has 0 aliphatic heterocycles. The lowest BCUT2D eigenvalue weighted by Gasteiger charge is -2.08. The third-order valence-corrected chi connectivity index (χ3v) is 3.13. The lowest BCUT2D eigenvalue weighted by molar-refractivity contribution is 0.102. The summed E-state index contributed by atoms with van der Waals surface area (Å²) in [6, 6.07) is 6.17. The maximum atomic E-state index is 12.0. The Bertz CT molecular complexity index is 646. The summed E-state index contributed by atoms with van der Waals surface area (Å²) >= 11 is 17.6. The minimum Gasteiger partial charge on any atom is -0.397 e. The van der Waals surface area contributed by atoms with Crippen molar-refractivity contribution < 1.29 is 4.79 Å². The van der Waals surface area contributed by atoms with Crippen molar-refractivity contribution in [2.45, 2.75) is 0 Å². The van der Waals surface area contributed by atoms with Crippen molar-refractivity contribution in [1.82, 2.24) is 4.98 Å². The molecule has 1 amide bonds. The summed E-state index contributed by atoms with van der Waals surface area (Å²) in [6.07, 6.45) is 1.37. The van der Waals surface area contributed by atoms with Crippen molar-refractivity contribution in [3.05, 3.63) is 51.2 Å². The number of nitrogen functional groups attached to an aromatic ring is 1. The van der Waals surface area contributed by atoms with Crippen LogP contribution < -0.4 is 11.1 Å². The normalized spacial score (nSPS) is 10.3. The summed E-state index contributed by atoms with van der Waals surface area (Å²) in [7, 11) is 0. The fourth-order valence-electron chi connectivity index (χ4n) is 1.40. The smallest absolute Gasteiger partial charge is 0.258 e. The highest BCUT2D eigenvalue weighted by atomic mass is 35.5. The first-order valence-corrected chi connectivity index (χ1v) is 6.28. The van der Waals surface area contributed by atoms with E-state index in [1.54, 1.807) is 12.1 Å². The molecule has 1 aromatic carbocycles. The number of nitrogens with two attached hydrogens (primary N) is 1. The first-order valence-electron chi connectivity index (χ1n) is 5.15. The number of carbonyl (C=O) groups excluding carboxylic acids is 1. The molecule has 0 radical (unpaired) electrons. The number of halogens is 3. The molecule has 3 N–H and O–H groups in total. The highest BCUT2D eigenvalue weighted by molar-refractivity contribution is 6.37. The SMILES string of the molecule is Nc1cnc(Cl)c(C(=O)Nc2ccc(Cl)cc2Cl)c1. The third kappa shape index (κ3) is 3.29. The highest BCUT2D eigenvalue weighted by Gasteiger charge is 2.13. The molecular weight excluding hydrogens is 309 g/mol. The fraction of sp³-hybridized carbons (Fsp3) is 0. The number of amides is 1.